The van der Waals surface area contributed by atoms with E-state index in [4.69, 9.17) is 22.3 Å². The summed E-state index contributed by atoms with van der Waals surface area (Å²) in [7, 11) is 1.57. The van der Waals surface area contributed by atoms with Crippen molar-refractivity contribution in [1.82, 2.24) is 0 Å². The molecule has 1 rings (SSSR count). The molecule has 0 N–H and O–H groups in total. The molecule has 6 heteroatoms. The number of rotatable bonds is 2. The Balaban J connectivity index is 3.10. The molecule has 0 radical (unpaired) electrons. The van der Waals surface area contributed by atoms with Crippen LogP contribution >= 0.6 is 38.2 Å². The van der Waals surface area contributed by atoms with Crippen molar-refractivity contribution in [3.63, 3.8) is 0 Å². The van der Waals surface area contributed by atoms with Gasteiger partial charge in [-0.25, -0.2) is 8.42 Å². The van der Waals surface area contributed by atoms with E-state index in [2.05, 4.69) is 15.9 Å². The number of halogens is 3. The molecule has 0 bridgehead atoms. The van der Waals surface area contributed by atoms with Crippen molar-refractivity contribution in [3.8, 4) is 0 Å². The molecule has 0 spiro atoms. The SMILES string of the molecule is O=S(=O)(Cl)Cc1cccc(Cl)c1Br. The first-order chi connectivity index (χ1) is 5.90. The van der Waals surface area contributed by atoms with Crippen molar-refractivity contribution in [1.29, 1.82) is 0 Å². The molecular formula is C7H5BrCl2O2S. The highest BCUT2D eigenvalue weighted by Gasteiger charge is 2.11. The normalized spacial score (nSPS) is 11.6. The van der Waals surface area contributed by atoms with Gasteiger partial charge in [0.15, 0.2) is 0 Å². The van der Waals surface area contributed by atoms with Crippen molar-refractivity contribution in [2.75, 3.05) is 0 Å². The summed E-state index contributed by atoms with van der Waals surface area (Å²) in [5.41, 5.74) is 0.558. The molecule has 0 heterocycles. The second-order valence-electron chi connectivity index (χ2n) is 2.40. The van der Waals surface area contributed by atoms with E-state index < -0.39 is 9.05 Å². The van der Waals surface area contributed by atoms with Crippen molar-refractivity contribution in [2.24, 2.45) is 0 Å². The van der Waals surface area contributed by atoms with Crippen LogP contribution in [0.3, 0.4) is 0 Å². The summed E-state index contributed by atoms with van der Waals surface area (Å²) in [5, 5.41) is 0.470. The van der Waals surface area contributed by atoms with E-state index in [1.165, 1.54) is 0 Å². The summed E-state index contributed by atoms with van der Waals surface area (Å²) in [5.74, 6) is -0.226. The minimum Gasteiger partial charge on any atom is -0.212 e. The molecule has 0 aliphatic heterocycles. The Hall–Kier alpha value is 0.230. The summed E-state index contributed by atoms with van der Waals surface area (Å²) in [6.07, 6.45) is 0. The molecule has 1 aromatic rings. The zero-order valence-electron chi connectivity index (χ0n) is 6.30. The minimum absolute atomic E-state index is 0.226. The van der Waals surface area contributed by atoms with E-state index in [0.29, 0.717) is 15.1 Å². The minimum atomic E-state index is -3.53. The highest BCUT2D eigenvalue weighted by atomic mass is 79.9. The maximum Gasteiger partial charge on any atom is 0.236 e. The fraction of sp³-hybridized carbons (Fsp3) is 0.143. The lowest BCUT2D eigenvalue weighted by Gasteiger charge is -2.02. The predicted octanol–water partition coefficient (Wildman–Crippen LogP) is 3.17. The quantitative estimate of drug-likeness (QED) is 0.787. The molecule has 0 fully saturated rings. The molecule has 0 amide bonds. The van der Waals surface area contributed by atoms with Gasteiger partial charge in [-0.3, -0.25) is 0 Å². The van der Waals surface area contributed by atoms with Crippen LogP contribution in [0.5, 0.6) is 0 Å². The Morgan fingerprint density at radius 2 is 2.00 bits per heavy atom. The molecule has 0 aromatic heterocycles. The molecule has 2 nitrogen and oxygen atoms in total. The van der Waals surface area contributed by atoms with Crippen LogP contribution in [0.25, 0.3) is 0 Å². The van der Waals surface area contributed by atoms with Gasteiger partial charge in [-0.2, -0.15) is 0 Å². The second-order valence-corrected chi connectivity index (χ2v) is 6.37. The van der Waals surface area contributed by atoms with E-state index in [0.717, 1.165) is 0 Å². The highest BCUT2D eigenvalue weighted by molar-refractivity contribution is 9.10. The van der Waals surface area contributed by atoms with E-state index in [9.17, 15) is 8.42 Å². The third kappa shape index (κ3) is 3.46. The average Bonchev–Trinajstić information content (AvgIpc) is 1.96. The maximum absolute atomic E-state index is 10.8. The van der Waals surface area contributed by atoms with E-state index in [1.807, 2.05) is 0 Å². The van der Waals surface area contributed by atoms with Crippen molar-refractivity contribution in [3.05, 3.63) is 33.3 Å². The number of benzene rings is 1. The van der Waals surface area contributed by atoms with Crippen LogP contribution in [0.4, 0.5) is 0 Å². The lowest BCUT2D eigenvalue weighted by atomic mass is 10.2. The first-order valence-corrected chi connectivity index (χ1v) is 6.90. The predicted molar refractivity (Wildman–Crippen MR) is 57.6 cm³/mol. The van der Waals surface area contributed by atoms with Crippen LogP contribution in [-0.4, -0.2) is 8.42 Å². The number of hydrogen-bond donors (Lipinski definition) is 0. The maximum atomic E-state index is 10.8. The van der Waals surface area contributed by atoms with Crippen LogP contribution in [0.1, 0.15) is 5.56 Å². The summed E-state index contributed by atoms with van der Waals surface area (Å²) < 4.78 is 22.1. The summed E-state index contributed by atoms with van der Waals surface area (Å²) in [4.78, 5) is 0. The molecule has 0 aliphatic carbocycles. The van der Waals surface area contributed by atoms with E-state index >= 15 is 0 Å². The molecule has 1 aromatic carbocycles. The van der Waals surface area contributed by atoms with Crippen molar-refractivity contribution in [2.45, 2.75) is 5.75 Å². The van der Waals surface area contributed by atoms with Crippen molar-refractivity contribution < 1.29 is 8.42 Å². The molecule has 0 saturated carbocycles. The lowest BCUT2D eigenvalue weighted by Crippen LogP contribution is -1.95. The molecule has 0 saturated heterocycles. The van der Waals surface area contributed by atoms with Crippen LogP contribution in [0.15, 0.2) is 22.7 Å². The molecule has 72 valence electrons. The Morgan fingerprint density at radius 1 is 1.38 bits per heavy atom. The molecular weight excluding hydrogens is 299 g/mol. The lowest BCUT2D eigenvalue weighted by molar-refractivity contribution is 0.609. The van der Waals surface area contributed by atoms with Gasteiger partial charge in [0.25, 0.3) is 0 Å². The fourth-order valence-corrected chi connectivity index (χ4v) is 2.59. The summed E-state index contributed by atoms with van der Waals surface area (Å²) in [6.45, 7) is 0. The van der Waals surface area contributed by atoms with Gasteiger partial charge in [-0.1, -0.05) is 23.7 Å². The topological polar surface area (TPSA) is 34.1 Å². The Labute approximate surface area is 94.4 Å². The zero-order valence-corrected chi connectivity index (χ0v) is 10.2. The van der Waals surface area contributed by atoms with E-state index in [1.54, 1.807) is 18.2 Å². The van der Waals surface area contributed by atoms with Gasteiger partial charge >= 0.3 is 0 Å². The van der Waals surface area contributed by atoms with Gasteiger partial charge in [0.1, 0.15) is 0 Å². The van der Waals surface area contributed by atoms with Gasteiger partial charge in [0.2, 0.25) is 9.05 Å². The van der Waals surface area contributed by atoms with Crippen LogP contribution in [0, 0.1) is 0 Å². The first kappa shape index (κ1) is 11.3. The van der Waals surface area contributed by atoms with E-state index in [-0.39, 0.29) is 5.75 Å². The van der Waals surface area contributed by atoms with Gasteiger partial charge < -0.3 is 0 Å². The molecule has 0 atom stereocenters. The smallest absolute Gasteiger partial charge is 0.212 e. The van der Waals surface area contributed by atoms with Crippen LogP contribution in [-0.2, 0) is 14.8 Å². The van der Waals surface area contributed by atoms with Crippen LogP contribution < -0.4 is 0 Å². The second kappa shape index (κ2) is 4.17. The Morgan fingerprint density at radius 3 is 2.54 bits per heavy atom. The third-order valence-electron chi connectivity index (χ3n) is 1.36. The Bertz CT molecular complexity index is 417. The van der Waals surface area contributed by atoms with Gasteiger partial charge in [0, 0.05) is 15.2 Å². The molecule has 0 aliphatic rings. The summed E-state index contributed by atoms with van der Waals surface area (Å²) >= 11 is 8.94. The number of hydrogen-bond acceptors (Lipinski definition) is 2. The van der Waals surface area contributed by atoms with Crippen LogP contribution in [0.2, 0.25) is 5.02 Å². The zero-order chi connectivity index (χ0) is 10.1. The fourth-order valence-electron chi connectivity index (χ4n) is 0.846. The Kier molecular flexibility index (Phi) is 3.63. The van der Waals surface area contributed by atoms with Gasteiger partial charge in [0.05, 0.1) is 10.8 Å². The highest BCUT2D eigenvalue weighted by Crippen LogP contribution is 2.27. The van der Waals surface area contributed by atoms with Gasteiger partial charge in [-0.05, 0) is 27.6 Å². The third-order valence-corrected chi connectivity index (χ3v) is 3.82. The monoisotopic (exact) mass is 302 g/mol. The van der Waals surface area contributed by atoms with Crippen molar-refractivity contribution >= 4 is 47.3 Å². The molecule has 0 unspecified atom stereocenters. The molecule has 13 heavy (non-hydrogen) atoms. The average molecular weight is 304 g/mol. The standard InChI is InChI=1S/C7H5BrCl2O2S/c8-7-5(4-13(10,11)12)2-1-3-6(7)9/h1-3H,4H2. The largest absolute Gasteiger partial charge is 0.236 e. The van der Waals surface area contributed by atoms with Gasteiger partial charge in [-0.15, -0.1) is 0 Å². The summed E-state index contributed by atoms with van der Waals surface area (Å²) in [6, 6.07) is 4.98. The first-order valence-electron chi connectivity index (χ1n) is 3.25.